The molecular weight excluding hydrogens is 122 g/mol. The number of rotatable bonds is 3. The Morgan fingerprint density at radius 2 is 2.20 bits per heavy atom. The van der Waals surface area contributed by atoms with E-state index in [-0.39, 0.29) is 0 Å². The van der Waals surface area contributed by atoms with Crippen LogP contribution in [0, 0.1) is 12.0 Å². The van der Waals surface area contributed by atoms with Crippen molar-refractivity contribution in [3.8, 4) is 0 Å². The van der Waals surface area contributed by atoms with Crippen LogP contribution in [0.5, 0.6) is 0 Å². The van der Waals surface area contributed by atoms with Crippen LogP contribution >= 0.6 is 0 Å². The summed E-state index contributed by atoms with van der Waals surface area (Å²) in [7, 11) is 0. The zero-order valence-corrected chi connectivity index (χ0v) is 6.69. The summed E-state index contributed by atoms with van der Waals surface area (Å²) in [6.07, 6.45) is 6.57. The van der Waals surface area contributed by atoms with Crippen LogP contribution in [-0.4, -0.2) is 6.54 Å². The first-order valence-electron chi connectivity index (χ1n) is 4.16. The standard InChI is InChI=1S/C9H15N/c1-3-9(5-4-6-9)7-8-10-2/h3-8H2,1H3. The summed E-state index contributed by atoms with van der Waals surface area (Å²) in [6, 6.07) is 0. The van der Waals surface area contributed by atoms with Gasteiger partial charge in [-0.2, -0.15) is 0 Å². The first-order chi connectivity index (χ1) is 4.83. The van der Waals surface area contributed by atoms with Crippen molar-refractivity contribution in [1.82, 2.24) is 0 Å². The third kappa shape index (κ3) is 1.31. The Morgan fingerprint density at radius 3 is 2.50 bits per heavy atom. The fourth-order valence-corrected chi connectivity index (χ4v) is 1.75. The Bertz CT molecular complexity index is 134. The van der Waals surface area contributed by atoms with E-state index in [1.807, 2.05) is 0 Å². The summed E-state index contributed by atoms with van der Waals surface area (Å²) in [5.74, 6) is 0. The Kier molecular flexibility index (Phi) is 2.32. The molecule has 0 heterocycles. The molecule has 0 radical (unpaired) electrons. The number of hydrogen-bond acceptors (Lipinski definition) is 0. The minimum Gasteiger partial charge on any atom is -0.317 e. The highest BCUT2D eigenvalue weighted by molar-refractivity contribution is 4.88. The van der Waals surface area contributed by atoms with Gasteiger partial charge in [0, 0.05) is 6.42 Å². The molecule has 0 bridgehead atoms. The van der Waals surface area contributed by atoms with Crippen LogP contribution in [0.25, 0.3) is 4.85 Å². The van der Waals surface area contributed by atoms with Crippen LogP contribution in [0.2, 0.25) is 0 Å². The highest BCUT2D eigenvalue weighted by Crippen LogP contribution is 2.46. The molecule has 0 unspecified atom stereocenters. The van der Waals surface area contributed by atoms with Crippen molar-refractivity contribution in [2.24, 2.45) is 5.41 Å². The van der Waals surface area contributed by atoms with E-state index in [4.69, 9.17) is 6.57 Å². The van der Waals surface area contributed by atoms with Crippen LogP contribution < -0.4 is 0 Å². The predicted octanol–water partition coefficient (Wildman–Crippen LogP) is 2.88. The molecule has 0 aromatic heterocycles. The maximum atomic E-state index is 6.68. The predicted molar refractivity (Wildman–Crippen MR) is 42.7 cm³/mol. The van der Waals surface area contributed by atoms with E-state index in [0.717, 1.165) is 13.0 Å². The van der Waals surface area contributed by atoms with Crippen LogP contribution in [0.3, 0.4) is 0 Å². The van der Waals surface area contributed by atoms with Crippen LogP contribution in [0.15, 0.2) is 0 Å². The van der Waals surface area contributed by atoms with E-state index in [2.05, 4.69) is 11.8 Å². The Hall–Kier alpha value is -0.510. The molecule has 10 heavy (non-hydrogen) atoms. The lowest BCUT2D eigenvalue weighted by molar-refractivity contribution is 0.120. The van der Waals surface area contributed by atoms with Gasteiger partial charge < -0.3 is 4.85 Å². The van der Waals surface area contributed by atoms with Crippen molar-refractivity contribution in [2.75, 3.05) is 6.54 Å². The normalized spacial score (nSPS) is 21.2. The maximum Gasteiger partial charge on any atom is 0.215 e. The second kappa shape index (κ2) is 3.05. The molecule has 0 saturated heterocycles. The van der Waals surface area contributed by atoms with E-state index in [9.17, 15) is 0 Å². The average molecular weight is 137 g/mol. The zero-order chi connectivity index (χ0) is 7.45. The fourth-order valence-electron chi connectivity index (χ4n) is 1.75. The van der Waals surface area contributed by atoms with Gasteiger partial charge >= 0.3 is 0 Å². The van der Waals surface area contributed by atoms with Gasteiger partial charge in [-0.1, -0.05) is 19.8 Å². The quantitative estimate of drug-likeness (QED) is 0.527. The monoisotopic (exact) mass is 137 g/mol. The lowest BCUT2D eigenvalue weighted by Crippen LogP contribution is -2.28. The van der Waals surface area contributed by atoms with Crippen LogP contribution in [-0.2, 0) is 0 Å². The summed E-state index contributed by atoms with van der Waals surface area (Å²) in [5.41, 5.74) is 0.602. The SMILES string of the molecule is [C-]#[N+]CCC1(CC)CCC1. The third-order valence-electron chi connectivity index (χ3n) is 2.92. The van der Waals surface area contributed by atoms with Gasteiger partial charge in [0.2, 0.25) is 6.54 Å². The first kappa shape index (κ1) is 7.60. The minimum atomic E-state index is 0.602. The van der Waals surface area contributed by atoms with E-state index < -0.39 is 0 Å². The largest absolute Gasteiger partial charge is 0.317 e. The molecule has 0 atom stereocenters. The van der Waals surface area contributed by atoms with E-state index in [1.54, 1.807) is 0 Å². The Morgan fingerprint density at radius 1 is 1.50 bits per heavy atom. The molecule has 0 aliphatic heterocycles. The van der Waals surface area contributed by atoms with Crippen molar-refractivity contribution < 1.29 is 0 Å². The second-order valence-corrected chi connectivity index (χ2v) is 3.34. The molecule has 1 aliphatic carbocycles. The Labute approximate surface area is 63.3 Å². The molecule has 56 valence electrons. The molecular formula is C9H15N. The number of nitrogens with zero attached hydrogens (tertiary/aromatic N) is 1. The van der Waals surface area contributed by atoms with Gasteiger partial charge in [0.25, 0.3) is 0 Å². The number of hydrogen-bond donors (Lipinski definition) is 0. The molecule has 0 aromatic rings. The van der Waals surface area contributed by atoms with Gasteiger partial charge in [-0.15, -0.1) is 0 Å². The van der Waals surface area contributed by atoms with Crippen LogP contribution in [0.1, 0.15) is 39.0 Å². The van der Waals surface area contributed by atoms with Crippen molar-refractivity contribution >= 4 is 0 Å². The Balaban J connectivity index is 2.28. The van der Waals surface area contributed by atoms with E-state index in [0.29, 0.717) is 5.41 Å². The van der Waals surface area contributed by atoms with Crippen molar-refractivity contribution in [1.29, 1.82) is 0 Å². The summed E-state index contributed by atoms with van der Waals surface area (Å²) in [6.45, 7) is 9.68. The average Bonchev–Trinajstić information content (AvgIpc) is 1.87. The molecule has 1 nitrogen and oxygen atoms in total. The molecule has 1 heteroatoms. The smallest absolute Gasteiger partial charge is 0.215 e. The zero-order valence-electron chi connectivity index (χ0n) is 6.69. The summed E-state index contributed by atoms with van der Waals surface area (Å²) < 4.78 is 0. The van der Waals surface area contributed by atoms with Crippen molar-refractivity contribution in [2.45, 2.75) is 39.0 Å². The van der Waals surface area contributed by atoms with Gasteiger partial charge in [0.05, 0.1) is 0 Å². The summed E-state index contributed by atoms with van der Waals surface area (Å²) in [4.78, 5) is 3.40. The van der Waals surface area contributed by atoms with Gasteiger partial charge in [-0.05, 0) is 18.3 Å². The lowest BCUT2D eigenvalue weighted by atomic mass is 9.65. The summed E-state index contributed by atoms with van der Waals surface area (Å²) in [5, 5.41) is 0. The fraction of sp³-hybridized carbons (Fsp3) is 0.889. The highest BCUT2D eigenvalue weighted by atomic mass is 14.6. The molecule has 0 N–H and O–H groups in total. The maximum absolute atomic E-state index is 6.68. The highest BCUT2D eigenvalue weighted by Gasteiger charge is 2.35. The summed E-state index contributed by atoms with van der Waals surface area (Å²) >= 11 is 0. The van der Waals surface area contributed by atoms with Gasteiger partial charge in [-0.3, -0.25) is 0 Å². The minimum absolute atomic E-state index is 0.602. The molecule has 0 spiro atoms. The molecule has 1 aliphatic rings. The topological polar surface area (TPSA) is 4.36 Å². The van der Waals surface area contributed by atoms with Crippen molar-refractivity contribution in [3.63, 3.8) is 0 Å². The van der Waals surface area contributed by atoms with Gasteiger partial charge in [0.15, 0.2) is 0 Å². The van der Waals surface area contributed by atoms with Gasteiger partial charge in [0.1, 0.15) is 0 Å². The van der Waals surface area contributed by atoms with Crippen molar-refractivity contribution in [3.05, 3.63) is 11.4 Å². The lowest BCUT2D eigenvalue weighted by Gasteiger charge is -2.39. The molecule has 0 aromatic carbocycles. The first-order valence-corrected chi connectivity index (χ1v) is 4.16. The molecule has 1 fully saturated rings. The third-order valence-corrected chi connectivity index (χ3v) is 2.92. The molecule has 1 saturated carbocycles. The second-order valence-electron chi connectivity index (χ2n) is 3.34. The molecule has 1 rings (SSSR count). The van der Waals surface area contributed by atoms with E-state index in [1.165, 1.54) is 25.7 Å². The van der Waals surface area contributed by atoms with Crippen LogP contribution in [0.4, 0.5) is 0 Å². The molecule has 0 amide bonds. The van der Waals surface area contributed by atoms with Gasteiger partial charge in [-0.25, -0.2) is 6.57 Å². The van der Waals surface area contributed by atoms with E-state index >= 15 is 0 Å².